The zero-order valence-electron chi connectivity index (χ0n) is 8.73. The largest absolute Gasteiger partial charge is 0.399 e. The second-order valence-electron chi connectivity index (χ2n) is 3.41. The predicted octanol–water partition coefficient (Wildman–Crippen LogP) is 1.82. The van der Waals surface area contributed by atoms with Crippen molar-refractivity contribution in [1.29, 1.82) is 0 Å². The Kier molecular flexibility index (Phi) is 2.59. The Balaban J connectivity index is 2.14. The normalized spacial score (nSPS) is 10.1. The van der Waals surface area contributed by atoms with Crippen LogP contribution in [0.2, 0.25) is 0 Å². The van der Waals surface area contributed by atoms with Crippen molar-refractivity contribution in [2.24, 2.45) is 0 Å². The molecule has 2 aromatic rings. The SMILES string of the molecule is Cc1cnoc1C(=O)Nc1ccc(N)cc1. The zero-order chi connectivity index (χ0) is 11.5. The molecular weight excluding hydrogens is 206 g/mol. The average Bonchev–Trinajstić information content (AvgIpc) is 2.68. The lowest BCUT2D eigenvalue weighted by molar-refractivity contribution is 0.0987. The van der Waals surface area contributed by atoms with E-state index < -0.39 is 0 Å². The van der Waals surface area contributed by atoms with Crippen LogP contribution in [0.25, 0.3) is 0 Å². The number of nitrogens with one attached hydrogen (secondary N) is 1. The highest BCUT2D eigenvalue weighted by molar-refractivity contribution is 6.03. The number of anilines is 2. The van der Waals surface area contributed by atoms with Crippen LogP contribution < -0.4 is 11.1 Å². The van der Waals surface area contributed by atoms with E-state index in [0.717, 1.165) is 0 Å². The van der Waals surface area contributed by atoms with E-state index in [1.807, 2.05) is 0 Å². The average molecular weight is 217 g/mol. The number of nitrogen functional groups attached to an aromatic ring is 1. The summed E-state index contributed by atoms with van der Waals surface area (Å²) < 4.78 is 4.84. The van der Waals surface area contributed by atoms with Gasteiger partial charge in [-0.3, -0.25) is 4.79 Å². The minimum absolute atomic E-state index is 0.219. The summed E-state index contributed by atoms with van der Waals surface area (Å²) in [6, 6.07) is 6.86. The van der Waals surface area contributed by atoms with Gasteiger partial charge in [0.1, 0.15) is 0 Å². The van der Waals surface area contributed by atoms with Gasteiger partial charge in [-0.05, 0) is 31.2 Å². The van der Waals surface area contributed by atoms with Crippen molar-refractivity contribution >= 4 is 17.3 Å². The van der Waals surface area contributed by atoms with E-state index in [-0.39, 0.29) is 11.7 Å². The van der Waals surface area contributed by atoms with E-state index in [1.165, 1.54) is 6.20 Å². The molecule has 2 rings (SSSR count). The molecule has 5 heteroatoms. The number of nitrogens with two attached hydrogens (primary N) is 1. The van der Waals surface area contributed by atoms with Crippen LogP contribution in [-0.4, -0.2) is 11.1 Å². The monoisotopic (exact) mass is 217 g/mol. The number of hydrogen-bond acceptors (Lipinski definition) is 4. The van der Waals surface area contributed by atoms with Crippen molar-refractivity contribution in [3.05, 3.63) is 41.8 Å². The van der Waals surface area contributed by atoms with Crippen LogP contribution in [0.3, 0.4) is 0 Å². The van der Waals surface area contributed by atoms with Crippen LogP contribution in [0.15, 0.2) is 35.0 Å². The standard InChI is InChI=1S/C11H11N3O2/c1-7-6-13-16-10(7)11(15)14-9-4-2-8(12)3-5-9/h2-6H,12H2,1H3,(H,14,15). The third kappa shape index (κ3) is 2.03. The molecule has 1 amide bonds. The van der Waals surface area contributed by atoms with Gasteiger partial charge in [-0.2, -0.15) is 0 Å². The number of benzene rings is 1. The molecule has 0 saturated carbocycles. The molecule has 1 aromatic heterocycles. The van der Waals surface area contributed by atoms with Gasteiger partial charge < -0.3 is 15.6 Å². The number of amides is 1. The number of aryl methyl sites for hydroxylation is 1. The van der Waals surface area contributed by atoms with Crippen molar-refractivity contribution < 1.29 is 9.32 Å². The van der Waals surface area contributed by atoms with Crippen LogP contribution in [0.1, 0.15) is 16.1 Å². The maximum Gasteiger partial charge on any atom is 0.294 e. The topological polar surface area (TPSA) is 81.2 Å². The van der Waals surface area contributed by atoms with Gasteiger partial charge in [-0.1, -0.05) is 5.16 Å². The summed E-state index contributed by atoms with van der Waals surface area (Å²) in [5.74, 6) is -0.100. The Morgan fingerprint density at radius 1 is 1.38 bits per heavy atom. The summed E-state index contributed by atoms with van der Waals surface area (Å²) in [4.78, 5) is 11.7. The van der Waals surface area contributed by atoms with Gasteiger partial charge in [0.2, 0.25) is 5.76 Å². The highest BCUT2D eigenvalue weighted by Crippen LogP contribution is 2.13. The number of nitrogens with zero attached hydrogens (tertiary/aromatic N) is 1. The van der Waals surface area contributed by atoms with Crippen molar-refractivity contribution in [2.45, 2.75) is 6.92 Å². The molecule has 1 aromatic carbocycles. The van der Waals surface area contributed by atoms with Gasteiger partial charge in [0, 0.05) is 16.9 Å². The van der Waals surface area contributed by atoms with E-state index >= 15 is 0 Å². The molecule has 0 unspecified atom stereocenters. The smallest absolute Gasteiger partial charge is 0.294 e. The molecule has 0 bridgehead atoms. The van der Waals surface area contributed by atoms with Crippen LogP contribution in [0.4, 0.5) is 11.4 Å². The molecule has 5 nitrogen and oxygen atoms in total. The molecule has 0 radical (unpaired) electrons. The fourth-order valence-electron chi connectivity index (χ4n) is 1.26. The second-order valence-corrected chi connectivity index (χ2v) is 3.41. The lowest BCUT2D eigenvalue weighted by Crippen LogP contribution is -2.12. The minimum Gasteiger partial charge on any atom is -0.399 e. The van der Waals surface area contributed by atoms with Crippen molar-refractivity contribution in [2.75, 3.05) is 11.1 Å². The maximum atomic E-state index is 11.7. The van der Waals surface area contributed by atoms with E-state index in [2.05, 4.69) is 10.5 Å². The molecule has 16 heavy (non-hydrogen) atoms. The summed E-state index contributed by atoms with van der Waals surface area (Å²) >= 11 is 0. The van der Waals surface area contributed by atoms with Gasteiger partial charge in [-0.15, -0.1) is 0 Å². The second kappa shape index (κ2) is 4.06. The molecule has 0 fully saturated rings. The van der Waals surface area contributed by atoms with E-state index in [9.17, 15) is 4.79 Å². The highest BCUT2D eigenvalue weighted by Gasteiger charge is 2.13. The van der Waals surface area contributed by atoms with Crippen molar-refractivity contribution in [1.82, 2.24) is 5.16 Å². The number of rotatable bonds is 2. The molecular formula is C11H11N3O2. The number of carbonyl (C=O) groups excluding carboxylic acids is 1. The molecule has 0 aliphatic rings. The van der Waals surface area contributed by atoms with E-state index in [1.54, 1.807) is 31.2 Å². The molecule has 0 saturated heterocycles. The number of aromatic nitrogens is 1. The number of hydrogen-bond donors (Lipinski definition) is 2. The Morgan fingerprint density at radius 3 is 2.62 bits per heavy atom. The van der Waals surface area contributed by atoms with E-state index in [0.29, 0.717) is 16.9 Å². The molecule has 1 heterocycles. The molecule has 0 spiro atoms. The first kappa shape index (κ1) is 10.2. The van der Waals surface area contributed by atoms with Crippen LogP contribution in [0.5, 0.6) is 0 Å². The number of carbonyl (C=O) groups is 1. The first-order chi connectivity index (χ1) is 7.66. The molecule has 82 valence electrons. The van der Waals surface area contributed by atoms with Crippen LogP contribution >= 0.6 is 0 Å². The van der Waals surface area contributed by atoms with Crippen molar-refractivity contribution in [3.8, 4) is 0 Å². The Hall–Kier alpha value is -2.30. The lowest BCUT2D eigenvalue weighted by atomic mass is 10.2. The fourth-order valence-corrected chi connectivity index (χ4v) is 1.26. The lowest BCUT2D eigenvalue weighted by Gasteiger charge is -2.03. The Labute approximate surface area is 92.2 Å². The molecule has 3 N–H and O–H groups in total. The summed E-state index contributed by atoms with van der Waals surface area (Å²) in [7, 11) is 0. The Morgan fingerprint density at radius 2 is 2.06 bits per heavy atom. The fraction of sp³-hybridized carbons (Fsp3) is 0.0909. The third-order valence-corrected chi connectivity index (χ3v) is 2.12. The highest BCUT2D eigenvalue weighted by atomic mass is 16.5. The summed E-state index contributed by atoms with van der Waals surface area (Å²) in [5, 5.41) is 6.23. The molecule has 0 aliphatic carbocycles. The van der Waals surface area contributed by atoms with Crippen LogP contribution in [0, 0.1) is 6.92 Å². The quantitative estimate of drug-likeness (QED) is 0.752. The summed E-state index contributed by atoms with van der Waals surface area (Å²) in [6.45, 7) is 1.76. The van der Waals surface area contributed by atoms with Gasteiger partial charge in [-0.25, -0.2) is 0 Å². The van der Waals surface area contributed by atoms with Crippen molar-refractivity contribution in [3.63, 3.8) is 0 Å². The Bertz CT molecular complexity index is 502. The summed E-state index contributed by atoms with van der Waals surface area (Å²) in [6.07, 6.45) is 1.50. The predicted molar refractivity (Wildman–Crippen MR) is 60.0 cm³/mol. The minimum atomic E-state index is -0.320. The van der Waals surface area contributed by atoms with Crippen LogP contribution in [-0.2, 0) is 0 Å². The molecule has 0 atom stereocenters. The first-order valence-corrected chi connectivity index (χ1v) is 4.75. The van der Waals surface area contributed by atoms with Gasteiger partial charge in [0.15, 0.2) is 0 Å². The van der Waals surface area contributed by atoms with Gasteiger partial charge in [0.25, 0.3) is 5.91 Å². The third-order valence-electron chi connectivity index (χ3n) is 2.12. The van der Waals surface area contributed by atoms with Gasteiger partial charge >= 0.3 is 0 Å². The van der Waals surface area contributed by atoms with E-state index in [4.69, 9.17) is 10.3 Å². The van der Waals surface area contributed by atoms with Gasteiger partial charge in [0.05, 0.1) is 6.20 Å². The molecule has 0 aliphatic heterocycles. The zero-order valence-corrected chi connectivity index (χ0v) is 8.73. The summed E-state index contributed by atoms with van der Waals surface area (Å²) in [5.41, 5.74) is 7.55. The maximum absolute atomic E-state index is 11.7. The first-order valence-electron chi connectivity index (χ1n) is 4.75.